The van der Waals surface area contributed by atoms with Gasteiger partial charge < -0.3 is 15.4 Å². The summed E-state index contributed by atoms with van der Waals surface area (Å²) in [6.07, 6.45) is -4.50. The third-order valence-electron chi connectivity index (χ3n) is 4.37. The van der Waals surface area contributed by atoms with Gasteiger partial charge >= 0.3 is 6.18 Å². The van der Waals surface area contributed by atoms with Crippen LogP contribution in [0, 0.1) is 0 Å². The van der Waals surface area contributed by atoms with Gasteiger partial charge in [0.15, 0.2) is 6.61 Å². The third kappa shape index (κ3) is 6.49. The number of carbonyl (C=O) groups is 2. The maximum Gasteiger partial charge on any atom is 0.416 e. The Labute approximate surface area is 187 Å². The molecular formula is C23H18ClF3N2O3. The molecule has 0 saturated heterocycles. The third-order valence-corrected chi connectivity index (χ3v) is 4.74. The molecule has 5 nitrogen and oxygen atoms in total. The van der Waals surface area contributed by atoms with E-state index in [1.165, 1.54) is 36.4 Å². The topological polar surface area (TPSA) is 67.4 Å². The number of rotatable bonds is 7. The van der Waals surface area contributed by atoms with Crippen molar-refractivity contribution in [1.82, 2.24) is 5.32 Å². The lowest BCUT2D eigenvalue weighted by molar-refractivity contribution is -0.137. The lowest BCUT2D eigenvalue weighted by Gasteiger charge is -2.11. The highest BCUT2D eigenvalue weighted by Gasteiger charge is 2.30. The molecule has 32 heavy (non-hydrogen) atoms. The fraction of sp³-hybridized carbons (Fsp3) is 0.130. The smallest absolute Gasteiger partial charge is 0.416 e. The van der Waals surface area contributed by atoms with E-state index in [0.717, 1.165) is 17.7 Å². The molecule has 0 fully saturated rings. The van der Waals surface area contributed by atoms with Crippen LogP contribution in [0.2, 0.25) is 5.02 Å². The molecule has 0 aliphatic carbocycles. The molecule has 2 amide bonds. The highest BCUT2D eigenvalue weighted by molar-refractivity contribution is 6.31. The van der Waals surface area contributed by atoms with Crippen molar-refractivity contribution in [2.75, 3.05) is 11.9 Å². The summed E-state index contributed by atoms with van der Waals surface area (Å²) in [7, 11) is 0. The average Bonchev–Trinajstić information content (AvgIpc) is 2.77. The zero-order valence-corrected chi connectivity index (χ0v) is 17.3. The van der Waals surface area contributed by atoms with E-state index in [2.05, 4.69) is 10.6 Å². The lowest BCUT2D eigenvalue weighted by Crippen LogP contribution is -2.28. The number of anilines is 1. The number of ether oxygens (including phenoxy) is 1. The molecule has 166 valence electrons. The van der Waals surface area contributed by atoms with E-state index in [1.807, 2.05) is 6.07 Å². The molecule has 3 aromatic carbocycles. The fourth-order valence-corrected chi connectivity index (χ4v) is 2.92. The van der Waals surface area contributed by atoms with E-state index in [-0.39, 0.29) is 30.3 Å². The summed E-state index contributed by atoms with van der Waals surface area (Å²) in [5.74, 6) is -0.571. The zero-order chi connectivity index (χ0) is 23.1. The molecule has 0 unspecified atom stereocenters. The van der Waals surface area contributed by atoms with Crippen molar-refractivity contribution in [1.29, 1.82) is 0 Å². The van der Waals surface area contributed by atoms with Crippen LogP contribution in [-0.4, -0.2) is 18.4 Å². The first-order chi connectivity index (χ1) is 15.2. The Morgan fingerprint density at radius 1 is 0.938 bits per heavy atom. The summed E-state index contributed by atoms with van der Waals surface area (Å²) in [5, 5.41) is 5.66. The van der Waals surface area contributed by atoms with Crippen LogP contribution >= 0.6 is 11.6 Å². The van der Waals surface area contributed by atoms with Gasteiger partial charge in [-0.25, -0.2) is 0 Å². The second kappa shape index (κ2) is 10.2. The van der Waals surface area contributed by atoms with Crippen LogP contribution in [0.3, 0.4) is 0 Å². The van der Waals surface area contributed by atoms with Gasteiger partial charge in [-0.1, -0.05) is 35.9 Å². The summed E-state index contributed by atoms with van der Waals surface area (Å²) in [6.45, 7) is 0.0245. The van der Waals surface area contributed by atoms with Crippen LogP contribution < -0.4 is 15.4 Å². The SMILES string of the molecule is O=C(COc1ccc(C(=O)Nc2cccc(C(F)(F)F)c2)cc1)NCc1ccccc1Cl. The van der Waals surface area contributed by atoms with Crippen molar-refractivity contribution < 1.29 is 27.5 Å². The minimum atomic E-state index is -4.50. The van der Waals surface area contributed by atoms with Crippen molar-refractivity contribution in [3.8, 4) is 5.75 Å². The van der Waals surface area contributed by atoms with Gasteiger partial charge in [0.2, 0.25) is 0 Å². The quantitative estimate of drug-likeness (QED) is 0.500. The Morgan fingerprint density at radius 3 is 2.34 bits per heavy atom. The van der Waals surface area contributed by atoms with Crippen molar-refractivity contribution in [2.24, 2.45) is 0 Å². The van der Waals surface area contributed by atoms with E-state index >= 15 is 0 Å². The molecule has 0 aliphatic heterocycles. The Balaban J connectivity index is 1.51. The first-order valence-corrected chi connectivity index (χ1v) is 9.82. The molecule has 0 aliphatic rings. The summed E-state index contributed by atoms with van der Waals surface area (Å²) in [6, 6.07) is 17.4. The number of hydrogen-bond acceptors (Lipinski definition) is 3. The largest absolute Gasteiger partial charge is 0.484 e. The molecule has 0 saturated carbocycles. The molecular weight excluding hydrogens is 445 g/mol. The van der Waals surface area contributed by atoms with Crippen LogP contribution in [-0.2, 0) is 17.5 Å². The highest BCUT2D eigenvalue weighted by Crippen LogP contribution is 2.30. The molecule has 2 N–H and O–H groups in total. The van der Waals surface area contributed by atoms with Gasteiger partial charge in [-0.15, -0.1) is 0 Å². The molecule has 0 atom stereocenters. The number of carbonyl (C=O) groups excluding carboxylic acids is 2. The fourth-order valence-electron chi connectivity index (χ4n) is 2.71. The second-order valence-corrected chi connectivity index (χ2v) is 7.12. The predicted octanol–water partition coefficient (Wildman–Crippen LogP) is 5.31. The van der Waals surface area contributed by atoms with Gasteiger partial charge in [-0.3, -0.25) is 9.59 Å². The number of hydrogen-bond donors (Lipinski definition) is 2. The molecule has 3 rings (SSSR count). The minimum absolute atomic E-state index is 0.0281. The van der Waals surface area contributed by atoms with Gasteiger partial charge in [-0.05, 0) is 54.1 Å². The number of nitrogens with one attached hydrogen (secondary N) is 2. The summed E-state index contributed by atoms with van der Waals surface area (Å²) < 4.78 is 43.8. The molecule has 0 aromatic heterocycles. The predicted molar refractivity (Wildman–Crippen MR) is 115 cm³/mol. The van der Waals surface area contributed by atoms with Gasteiger partial charge in [0, 0.05) is 22.8 Å². The highest BCUT2D eigenvalue weighted by atomic mass is 35.5. The van der Waals surface area contributed by atoms with Gasteiger partial charge in [-0.2, -0.15) is 13.2 Å². The Morgan fingerprint density at radius 2 is 1.66 bits per heavy atom. The number of amides is 2. The molecule has 3 aromatic rings. The lowest BCUT2D eigenvalue weighted by atomic mass is 10.1. The molecule has 0 heterocycles. The maximum absolute atomic E-state index is 12.8. The van der Waals surface area contributed by atoms with Crippen LogP contribution in [0.4, 0.5) is 18.9 Å². The molecule has 0 bridgehead atoms. The Bertz CT molecular complexity index is 1100. The van der Waals surface area contributed by atoms with Crippen LogP contribution in [0.5, 0.6) is 5.75 Å². The van der Waals surface area contributed by atoms with E-state index in [9.17, 15) is 22.8 Å². The van der Waals surface area contributed by atoms with Gasteiger partial charge in [0.05, 0.1) is 5.56 Å². The zero-order valence-electron chi connectivity index (χ0n) is 16.6. The van der Waals surface area contributed by atoms with Gasteiger partial charge in [0.25, 0.3) is 11.8 Å². The second-order valence-electron chi connectivity index (χ2n) is 6.71. The Kier molecular flexibility index (Phi) is 7.37. The van der Waals surface area contributed by atoms with Crippen molar-refractivity contribution in [3.63, 3.8) is 0 Å². The number of halogens is 4. The maximum atomic E-state index is 12.8. The van der Waals surface area contributed by atoms with E-state index in [1.54, 1.807) is 18.2 Å². The Hall–Kier alpha value is -3.52. The van der Waals surface area contributed by atoms with E-state index < -0.39 is 17.6 Å². The monoisotopic (exact) mass is 462 g/mol. The van der Waals surface area contributed by atoms with E-state index in [0.29, 0.717) is 10.8 Å². The summed E-state index contributed by atoms with van der Waals surface area (Å²) in [4.78, 5) is 24.2. The normalized spacial score (nSPS) is 11.0. The van der Waals surface area contributed by atoms with Crippen LogP contribution in [0.1, 0.15) is 21.5 Å². The average molecular weight is 463 g/mol. The molecule has 9 heteroatoms. The number of alkyl halides is 3. The summed E-state index contributed by atoms with van der Waals surface area (Å²) in [5.41, 5.74) is 0.170. The van der Waals surface area contributed by atoms with Crippen molar-refractivity contribution in [2.45, 2.75) is 12.7 Å². The van der Waals surface area contributed by atoms with Crippen molar-refractivity contribution in [3.05, 3.63) is 94.5 Å². The van der Waals surface area contributed by atoms with Crippen LogP contribution in [0.25, 0.3) is 0 Å². The standard InChI is InChI=1S/C23H18ClF3N2O3/c24-20-7-2-1-4-16(20)13-28-21(30)14-32-19-10-8-15(9-11-19)22(31)29-18-6-3-5-17(12-18)23(25,26)27/h1-12H,13-14H2,(H,28,30)(H,29,31). The first-order valence-electron chi connectivity index (χ1n) is 9.44. The first kappa shape index (κ1) is 23.1. The van der Waals surface area contributed by atoms with E-state index in [4.69, 9.17) is 16.3 Å². The van der Waals surface area contributed by atoms with Crippen LogP contribution in [0.15, 0.2) is 72.8 Å². The minimum Gasteiger partial charge on any atom is -0.484 e. The summed E-state index contributed by atoms with van der Waals surface area (Å²) >= 11 is 6.03. The molecule has 0 spiro atoms. The number of benzene rings is 3. The van der Waals surface area contributed by atoms with Crippen molar-refractivity contribution >= 4 is 29.1 Å². The van der Waals surface area contributed by atoms with Gasteiger partial charge in [0.1, 0.15) is 5.75 Å². The molecule has 0 radical (unpaired) electrons.